The van der Waals surface area contributed by atoms with Crippen LogP contribution in [0, 0.1) is 5.95 Å². The summed E-state index contributed by atoms with van der Waals surface area (Å²) >= 11 is 5.90. The molecule has 2 aromatic rings. The van der Waals surface area contributed by atoms with Gasteiger partial charge in [0.1, 0.15) is 11.0 Å². The van der Waals surface area contributed by atoms with E-state index in [-0.39, 0.29) is 16.9 Å². The Bertz CT molecular complexity index is 646. The molecule has 0 bridgehead atoms. The molecule has 0 saturated carbocycles. The highest BCUT2D eigenvalue weighted by Crippen LogP contribution is 2.18. The van der Waals surface area contributed by atoms with Crippen molar-refractivity contribution in [2.45, 2.75) is 19.8 Å². The summed E-state index contributed by atoms with van der Waals surface area (Å²) in [5.74, 6) is -0.769. The van der Waals surface area contributed by atoms with Gasteiger partial charge in [-0.15, -0.1) is 0 Å². The maximum absolute atomic E-state index is 13.0. The highest BCUT2D eigenvalue weighted by molar-refractivity contribution is 6.29. The van der Waals surface area contributed by atoms with Gasteiger partial charge in [-0.05, 0) is 30.2 Å². The van der Waals surface area contributed by atoms with Crippen molar-refractivity contribution >= 4 is 23.3 Å². The molecule has 2 heterocycles. The highest BCUT2D eigenvalue weighted by Gasteiger charge is 2.12. The van der Waals surface area contributed by atoms with Gasteiger partial charge in [0, 0.05) is 11.3 Å². The number of aromatic nitrogens is 2. The number of nitrogens with zero attached hydrogens (tertiary/aromatic N) is 2. The third-order valence-electron chi connectivity index (χ3n) is 2.62. The van der Waals surface area contributed by atoms with E-state index in [0.29, 0.717) is 5.56 Å². The van der Waals surface area contributed by atoms with Gasteiger partial charge in [0.2, 0.25) is 5.95 Å². The number of nitrogens with one attached hydrogen (secondary N) is 1. The van der Waals surface area contributed by atoms with E-state index in [2.05, 4.69) is 15.3 Å². The molecule has 2 rings (SSSR count). The molecule has 0 fully saturated rings. The number of carbonyl (C=O) groups is 1. The van der Waals surface area contributed by atoms with Crippen LogP contribution in [0.5, 0.6) is 0 Å². The van der Waals surface area contributed by atoms with E-state index < -0.39 is 11.9 Å². The van der Waals surface area contributed by atoms with Crippen LogP contribution in [0.3, 0.4) is 0 Å². The number of hydrogen-bond acceptors (Lipinski definition) is 3. The molecule has 0 unspecified atom stereocenters. The maximum Gasteiger partial charge on any atom is 0.256 e. The van der Waals surface area contributed by atoms with Crippen LogP contribution in [0.15, 0.2) is 30.3 Å². The predicted molar refractivity (Wildman–Crippen MR) is 75.5 cm³/mol. The normalized spacial score (nSPS) is 10.7. The highest BCUT2D eigenvalue weighted by atomic mass is 35.5. The van der Waals surface area contributed by atoms with E-state index in [1.807, 2.05) is 13.8 Å². The van der Waals surface area contributed by atoms with Crippen molar-refractivity contribution in [1.29, 1.82) is 0 Å². The summed E-state index contributed by atoms with van der Waals surface area (Å²) in [4.78, 5) is 19.8. The number of pyridine rings is 2. The van der Waals surface area contributed by atoms with E-state index in [0.717, 1.165) is 5.69 Å². The van der Waals surface area contributed by atoms with Crippen molar-refractivity contribution in [3.63, 3.8) is 0 Å². The number of hydrogen-bond donors (Lipinski definition) is 1. The second kappa shape index (κ2) is 5.96. The number of carbonyl (C=O) groups excluding carboxylic acids is 1. The Morgan fingerprint density at radius 1 is 1.30 bits per heavy atom. The molecule has 0 saturated heterocycles. The van der Waals surface area contributed by atoms with Gasteiger partial charge in [0.25, 0.3) is 5.91 Å². The van der Waals surface area contributed by atoms with E-state index >= 15 is 0 Å². The molecular weight excluding hydrogens is 281 g/mol. The molecule has 0 spiro atoms. The lowest BCUT2D eigenvalue weighted by Gasteiger charge is -2.09. The number of anilines is 1. The lowest BCUT2D eigenvalue weighted by atomic mass is 10.1. The lowest BCUT2D eigenvalue weighted by molar-refractivity contribution is 0.102. The van der Waals surface area contributed by atoms with Gasteiger partial charge in [-0.1, -0.05) is 31.5 Å². The summed E-state index contributed by atoms with van der Waals surface area (Å²) in [6.45, 7) is 3.91. The Morgan fingerprint density at radius 3 is 2.70 bits per heavy atom. The van der Waals surface area contributed by atoms with Crippen molar-refractivity contribution in [2.75, 3.05) is 5.32 Å². The molecule has 2 aromatic heterocycles. The van der Waals surface area contributed by atoms with Crippen LogP contribution in [0.4, 0.5) is 10.2 Å². The first-order chi connectivity index (χ1) is 9.45. The molecule has 20 heavy (non-hydrogen) atoms. The molecule has 0 aliphatic heterocycles. The smallest absolute Gasteiger partial charge is 0.256 e. The molecule has 1 amide bonds. The zero-order valence-corrected chi connectivity index (χ0v) is 11.8. The van der Waals surface area contributed by atoms with Gasteiger partial charge < -0.3 is 5.32 Å². The number of halogens is 2. The minimum atomic E-state index is -0.654. The third-order valence-corrected chi connectivity index (χ3v) is 2.82. The Kier molecular flexibility index (Phi) is 4.29. The minimum Gasteiger partial charge on any atom is -0.306 e. The average Bonchev–Trinajstić information content (AvgIpc) is 2.37. The summed E-state index contributed by atoms with van der Waals surface area (Å²) in [6, 6.07) is 7.30. The van der Waals surface area contributed by atoms with Gasteiger partial charge in [0.05, 0.1) is 0 Å². The maximum atomic E-state index is 13.0. The molecule has 0 atom stereocenters. The van der Waals surface area contributed by atoms with E-state index in [1.54, 1.807) is 6.07 Å². The Labute approximate surface area is 121 Å². The summed E-state index contributed by atoms with van der Waals surface area (Å²) in [6.07, 6.45) is 0. The van der Waals surface area contributed by atoms with Gasteiger partial charge in [-0.2, -0.15) is 4.39 Å². The van der Waals surface area contributed by atoms with Gasteiger partial charge in [0.15, 0.2) is 0 Å². The Morgan fingerprint density at radius 2 is 2.05 bits per heavy atom. The van der Waals surface area contributed by atoms with Gasteiger partial charge in [-0.25, -0.2) is 9.97 Å². The van der Waals surface area contributed by atoms with Crippen LogP contribution in [0.1, 0.15) is 35.8 Å². The third kappa shape index (κ3) is 3.51. The summed E-state index contributed by atoms with van der Waals surface area (Å²) in [7, 11) is 0. The van der Waals surface area contributed by atoms with Crippen LogP contribution in [0.25, 0.3) is 0 Å². The summed E-state index contributed by atoms with van der Waals surface area (Å²) in [5, 5.41) is 2.76. The second-order valence-corrected chi connectivity index (χ2v) is 4.95. The van der Waals surface area contributed by atoms with Crippen LogP contribution >= 0.6 is 11.6 Å². The molecule has 1 N–H and O–H groups in total. The first kappa shape index (κ1) is 14.4. The van der Waals surface area contributed by atoms with E-state index in [4.69, 9.17) is 11.6 Å². The van der Waals surface area contributed by atoms with Crippen LogP contribution in [-0.4, -0.2) is 15.9 Å². The zero-order chi connectivity index (χ0) is 14.7. The number of rotatable bonds is 3. The molecule has 0 aliphatic rings. The van der Waals surface area contributed by atoms with Crippen molar-refractivity contribution < 1.29 is 9.18 Å². The quantitative estimate of drug-likeness (QED) is 0.879. The van der Waals surface area contributed by atoms with E-state index in [1.165, 1.54) is 24.3 Å². The first-order valence-electron chi connectivity index (χ1n) is 6.07. The molecule has 0 radical (unpaired) electrons. The lowest BCUT2D eigenvalue weighted by Crippen LogP contribution is -2.14. The Balaban J connectivity index is 2.25. The molecule has 104 valence electrons. The van der Waals surface area contributed by atoms with Crippen molar-refractivity contribution in [2.24, 2.45) is 0 Å². The van der Waals surface area contributed by atoms with Crippen LogP contribution in [0.2, 0.25) is 5.15 Å². The van der Waals surface area contributed by atoms with Gasteiger partial charge >= 0.3 is 0 Å². The average molecular weight is 294 g/mol. The largest absolute Gasteiger partial charge is 0.306 e. The monoisotopic (exact) mass is 293 g/mol. The second-order valence-electron chi connectivity index (χ2n) is 4.56. The standard InChI is InChI=1S/C14H13ClFN3O/c1-8(2)10-6-9(7-11(15)17-10)14(20)19-13-5-3-4-12(16)18-13/h3-8H,1-2H3,(H,18,19,20). The Hall–Kier alpha value is -2.01. The minimum absolute atomic E-state index is 0.146. The van der Waals surface area contributed by atoms with Crippen molar-refractivity contribution in [3.8, 4) is 0 Å². The van der Waals surface area contributed by atoms with Crippen LogP contribution < -0.4 is 5.32 Å². The van der Waals surface area contributed by atoms with Crippen molar-refractivity contribution in [3.05, 3.63) is 52.7 Å². The van der Waals surface area contributed by atoms with Crippen LogP contribution in [-0.2, 0) is 0 Å². The molecular formula is C14H13ClFN3O. The molecule has 0 aromatic carbocycles. The summed E-state index contributed by atoms with van der Waals surface area (Å²) in [5.41, 5.74) is 1.08. The topological polar surface area (TPSA) is 54.9 Å². The first-order valence-corrected chi connectivity index (χ1v) is 6.45. The molecule has 4 nitrogen and oxygen atoms in total. The fourth-order valence-electron chi connectivity index (χ4n) is 1.61. The van der Waals surface area contributed by atoms with E-state index in [9.17, 15) is 9.18 Å². The van der Waals surface area contributed by atoms with Crippen molar-refractivity contribution in [1.82, 2.24) is 9.97 Å². The SMILES string of the molecule is CC(C)c1cc(C(=O)Nc2cccc(F)n2)cc(Cl)n1. The zero-order valence-electron chi connectivity index (χ0n) is 11.0. The summed E-state index contributed by atoms with van der Waals surface area (Å²) < 4.78 is 13.0. The van der Waals surface area contributed by atoms with Gasteiger partial charge in [-0.3, -0.25) is 4.79 Å². The molecule has 6 heteroatoms. The molecule has 0 aliphatic carbocycles. The fraction of sp³-hybridized carbons (Fsp3) is 0.214. The number of amides is 1. The fourth-order valence-corrected chi connectivity index (χ4v) is 1.83. The predicted octanol–water partition coefficient (Wildman–Crippen LogP) is 3.64.